The lowest BCUT2D eigenvalue weighted by Crippen LogP contribution is -2.68. The Morgan fingerprint density at radius 3 is 1.98 bits per heavy atom. The number of esters is 1. The summed E-state index contributed by atoms with van der Waals surface area (Å²) >= 11 is 0. The minimum atomic E-state index is -0.979. The molecule has 6 aliphatic carbocycles. The number of nitrogens with one attached hydrogen (secondary N) is 1. The molecule has 13 atom stereocenters. The first-order valence-electron chi connectivity index (χ1n) is 20.4. The minimum Gasteiger partial charge on any atom is -0.481 e. The van der Waals surface area contributed by atoms with Gasteiger partial charge in [-0.05, 0) is 134 Å². The molecule has 6 saturated carbocycles. The smallest absolute Gasteiger partial charge is 0.326 e. The zero-order chi connectivity index (χ0) is 38.8. The van der Waals surface area contributed by atoms with Crippen LogP contribution in [0.3, 0.4) is 0 Å². The lowest BCUT2D eigenvalue weighted by molar-refractivity contribution is -0.251. The fraction of sp³-hybridized carbons (Fsp3) is 0.864. The number of carbonyl (C=O) groups excluding carboxylic acids is 2. The predicted octanol–water partition coefficient (Wildman–Crippen LogP) is 8.92. The minimum absolute atomic E-state index is 0.0244. The number of amides is 1. The molecular weight excluding hydrogens is 654 g/mol. The van der Waals surface area contributed by atoms with Gasteiger partial charge >= 0.3 is 17.9 Å². The molecule has 8 heteroatoms. The number of allylic oxidation sites excluding steroid dienone is 1. The van der Waals surface area contributed by atoms with E-state index in [1.807, 2.05) is 34.6 Å². The number of carboxylic acid groups (broad SMARTS) is 2. The first-order chi connectivity index (χ1) is 23.8. The van der Waals surface area contributed by atoms with Crippen LogP contribution in [0.15, 0.2) is 12.2 Å². The summed E-state index contributed by atoms with van der Waals surface area (Å²) in [5.41, 5.74) is -0.691. The fourth-order valence-corrected chi connectivity index (χ4v) is 14.6. The van der Waals surface area contributed by atoms with Gasteiger partial charge in [-0.25, -0.2) is 4.79 Å². The third-order valence-electron chi connectivity index (χ3n) is 18.0. The molecule has 6 aliphatic rings. The van der Waals surface area contributed by atoms with E-state index in [4.69, 9.17) is 4.74 Å². The number of aliphatic carboxylic acids is 2. The van der Waals surface area contributed by atoms with Crippen molar-refractivity contribution in [3.8, 4) is 0 Å². The molecule has 0 saturated heterocycles. The Labute approximate surface area is 313 Å². The highest BCUT2D eigenvalue weighted by Crippen LogP contribution is 2.77. The molecule has 1 amide bonds. The van der Waals surface area contributed by atoms with E-state index in [9.17, 15) is 29.4 Å². The first kappa shape index (κ1) is 39.3. The summed E-state index contributed by atoms with van der Waals surface area (Å²) in [4.78, 5) is 52.3. The van der Waals surface area contributed by atoms with Gasteiger partial charge in [0.2, 0.25) is 5.91 Å². The summed E-state index contributed by atoms with van der Waals surface area (Å²) in [5.74, 6) is -1.38. The normalized spacial score (nSPS) is 45.1. The van der Waals surface area contributed by atoms with E-state index < -0.39 is 40.1 Å². The molecule has 6 fully saturated rings. The van der Waals surface area contributed by atoms with Crippen molar-refractivity contribution in [2.75, 3.05) is 0 Å². The summed E-state index contributed by atoms with van der Waals surface area (Å²) in [6.07, 6.45) is 9.75. The molecule has 6 rings (SSSR count). The number of hydrogen-bond acceptors (Lipinski definition) is 5. The zero-order valence-corrected chi connectivity index (χ0v) is 34.1. The third-order valence-corrected chi connectivity index (χ3v) is 18.0. The topological polar surface area (TPSA) is 130 Å². The van der Waals surface area contributed by atoms with Gasteiger partial charge in [-0.2, -0.15) is 0 Å². The lowest BCUT2D eigenvalue weighted by atomic mass is 9.32. The maximum atomic E-state index is 14.6. The van der Waals surface area contributed by atoms with Crippen molar-refractivity contribution in [2.24, 2.45) is 79.3 Å². The van der Waals surface area contributed by atoms with Gasteiger partial charge in [0.25, 0.3) is 0 Å². The van der Waals surface area contributed by atoms with Crippen molar-refractivity contribution in [2.45, 2.75) is 159 Å². The van der Waals surface area contributed by atoms with Crippen LogP contribution in [-0.2, 0) is 23.9 Å². The molecule has 0 aliphatic heterocycles. The first-order valence-corrected chi connectivity index (χ1v) is 20.4. The van der Waals surface area contributed by atoms with E-state index in [0.29, 0.717) is 24.2 Å². The Morgan fingerprint density at radius 2 is 1.42 bits per heavy atom. The monoisotopic (exact) mass is 724 g/mol. The molecule has 292 valence electrons. The van der Waals surface area contributed by atoms with E-state index in [0.717, 1.165) is 69.8 Å². The molecule has 0 spiro atoms. The van der Waals surface area contributed by atoms with Gasteiger partial charge in [0.1, 0.15) is 12.1 Å². The summed E-state index contributed by atoms with van der Waals surface area (Å²) < 4.78 is 6.40. The molecule has 0 aromatic carbocycles. The molecule has 0 aromatic heterocycles. The van der Waals surface area contributed by atoms with Crippen LogP contribution in [0.1, 0.15) is 147 Å². The SMILES string of the molecule is C=C(C)[C@@H]1CC[C@]2(C(=O)NC(C(=O)O)C(C)(C)C)CC[C@]3(C)C(CC[C@@H]4[C@@]5(C)CC[C@H](OC(=O)C6C[C@@H](C(=O)O)C6(C)C)C(C)(C)[C@@H]5CC[C@]43C)C12. The predicted molar refractivity (Wildman–Crippen MR) is 201 cm³/mol. The van der Waals surface area contributed by atoms with Crippen molar-refractivity contribution in [3.05, 3.63) is 12.2 Å². The second-order valence-electron chi connectivity index (χ2n) is 21.7. The van der Waals surface area contributed by atoms with Gasteiger partial charge < -0.3 is 20.3 Å². The summed E-state index contributed by atoms with van der Waals surface area (Å²) in [7, 11) is 0. The Morgan fingerprint density at radius 1 is 0.769 bits per heavy atom. The van der Waals surface area contributed by atoms with Gasteiger partial charge in [-0.15, -0.1) is 0 Å². The maximum Gasteiger partial charge on any atom is 0.326 e. The Bertz CT molecular complexity index is 1520. The van der Waals surface area contributed by atoms with Crippen LogP contribution in [0, 0.1) is 79.3 Å². The van der Waals surface area contributed by atoms with E-state index >= 15 is 0 Å². The number of carboxylic acids is 2. The molecule has 0 bridgehead atoms. The lowest BCUT2D eigenvalue weighted by Gasteiger charge is -2.73. The second-order valence-corrected chi connectivity index (χ2v) is 21.7. The van der Waals surface area contributed by atoms with E-state index in [2.05, 4.69) is 53.4 Å². The number of fused-ring (bicyclic) bond motifs is 7. The molecule has 0 radical (unpaired) electrons. The summed E-state index contributed by atoms with van der Waals surface area (Å²) in [6.45, 7) is 28.3. The van der Waals surface area contributed by atoms with Crippen molar-refractivity contribution in [1.29, 1.82) is 0 Å². The van der Waals surface area contributed by atoms with Gasteiger partial charge in [0.05, 0.1) is 17.3 Å². The molecule has 4 unspecified atom stereocenters. The number of hydrogen-bond donors (Lipinski definition) is 3. The average Bonchev–Trinajstić information content (AvgIpc) is 3.41. The average molecular weight is 724 g/mol. The largest absolute Gasteiger partial charge is 0.481 e. The van der Waals surface area contributed by atoms with Crippen LogP contribution in [0.25, 0.3) is 0 Å². The van der Waals surface area contributed by atoms with Crippen molar-refractivity contribution < 1.29 is 34.1 Å². The third kappa shape index (κ3) is 5.39. The molecular formula is C44H69NO7. The van der Waals surface area contributed by atoms with Crippen LogP contribution in [0.4, 0.5) is 0 Å². The highest BCUT2D eigenvalue weighted by molar-refractivity contribution is 5.88. The van der Waals surface area contributed by atoms with Gasteiger partial charge in [-0.3, -0.25) is 14.4 Å². The summed E-state index contributed by atoms with van der Waals surface area (Å²) in [5, 5.41) is 22.9. The Hall–Kier alpha value is -2.38. The van der Waals surface area contributed by atoms with Crippen LogP contribution >= 0.6 is 0 Å². The van der Waals surface area contributed by atoms with Crippen molar-refractivity contribution >= 4 is 23.8 Å². The van der Waals surface area contributed by atoms with Gasteiger partial charge in [0.15, 0.2) is 0 Å². The van der Waals surface area contributed by atoms with E-state index in [1.54, 1.807) is 0 Å². The van der Waals surface area contributed by atoms with Crippen LogP contribution in [0.5, 0.6) is 0 Å². The van der Waals surface area contributed by atoms with E-state index in [-0.39, 0.29) is 57.4 Å². The zero-order valence-electron chi connectivity index (χ0n) is 34.1. The van der Waals surface area contributed by atoms with E-state index in [1.165, 1.54) is 0 Å². The quantitative estimate of drug-likeness (QED) is 0.177. The Balaban J connectivity index is 1.26. The highest BCUT2D eigenvalue weighted by atomic mass is 16.5. The van der Waals surface area contributed by atoms with Crippen LogP contribution < -0.4 is 5.32 Å². The molecule has 8 nitrogen and oxygen atoms in total. The highest BCUT2D eigenvalue weighted by Gasteiger charge is 2.72. The molecule has 52 heavy (non-hydrogen) atoms. The van der Waals surface area contributed by atoms with Crippen molar-refractivity contribution in [1.82, 2.24) is 5.32 Å². The molecule has 0 aromatic rings. The maximum absolute atomic E-state index is 14.6. The number of carbonyl (C=O) groups is 4. The van der Waals surface area contributed by atoms with Gasteiger partial charge in [0, 0.05) is 5.41 Å². The molecule has 3 N–H and O–H groups in total. The standard InChI is InChI=1S/C44H69NO7/c1-24(2)25-15-20-44(37(51)45-33(35(48)49)38(3,4)5)22-21-42(11)26(32(25)44)13-14-30-41(10)18-17-31(40(8,9)29(41)16-19-43(30,42)12)52-36(50)28-23-27(34(46)47)39(28,6)7/h25-33H,1,13-23H2,2-12H3,(H,45,51)(H,46,47)(H,48,49)/t25-,26?,27-,28?,29-,30+,31-,32?,33?,41-,42+,43+,44-/m0/s1. The second kappa shape index (κ2) is 12.3. The van der Waals surface area contributed by atoms with Crippen molar-refractivity contribution in [3.63, 3.8) is 0 Å². The summed E-state index contributed by atoms with van der Waals surface area (Å²) in [6, 6.07) is -0.949. The number of rotatable bonds is 7. The fourth-order valence-electron chi connectivity index (χ4n) is 14.6. The van der Waals surface area contributed by atoms with Crippen LogP contribution in [0.2, 0.25) is 0 Å². The number of ether oxygens (including phenoxy) is 1. The van der Waals surface area contributed by atoms with Gasteiger partial charge in [-0.1, -0.05) is 81.4 Å². The molecule has 0 heterocycles. The Kier molecular flexibility index (Phi) is 9.31. The van der Waals surface area contributed by atoms with Crippen LogP contribution in [-0.4, -0.2) is 46.2 Å².